The Hall–Kier alpha value is -0.930. The Morgan fingerprint density at radius 3 is 2.44 bits per heavy atom. The minimum atomic E-state index is 0. The quantitative estimate of drug-likeness (QED) is 0.749. The van der Waals surface area contributed by atoms with E-state index in [2.05, 4.69) is 12.2 Å². The highest BCUT2D eigenvalue weighted by molar-refractivity contribution is 5.85. The van der Waals surface area contributed by atoms with Crippen molar-refractivity contribution in [1.29, 1.82) is 0 Å². The maximum absolute atomic E-state index is 5.55. The van der Waals surface area contributed by atoms with Crippen molar-refractivity contribution >= 4 is 12.4 Å². The van der Waals surface area contributed by atoms with Gasteiger partial charge >= 0.3 is 0 Å². The molecule has 16 heavy (non-hydrogen) atoms. The van der Waals surface area contributed by atoms with Gasteiger partial charge < -0.3 is 14.8 Å². The van der Waals surface area contributed by atoms with Crippen molar-refractivity contribution in [3.8, 4) is 11.5 Å². The topological polar surface area (TPSA) is 30.5 Å². The predicted molar refractivity (Wildman–Crippen MR) is 68.9 cm³/mol. The number of halogens is 1. The number of ether oxygens (including phenoxy) is 2. The van der Waals surface area contributed by atoms with E-state index < -0.39 is 0 Å². The van der Waals surface area contributed by atoms with E-state index >= 15 is 0 Å². The maximum Gasteiger partial charge on any atom is 0.123 e. The minimum Gasteiger partial charge on any atom is -0.494 e. The lowest BCUT2D eigenvalue weighted by atomic mass is 10.3. The zero-order chi connectivity index (χ0) is 10.9. The van der Waals surface area contributed by atoms with Crippen molar-refractivity contribution in [2.75, 3.05) is 26.3 Å². The second kappa shape index (κ2) is 9.31. The van der Waals surface area contributed by atoms with Crippen LogP contribution in [0.1, 0.15) is 13.8 Å². The molecule has 0 amide bonds. The van der Waals surface area contributed by atoms with Crippen LogP contribution in [0.2, 0.25) is 0 Å². The molecular formula is C12H20ClNO2. The summed E-state index contributed by atoms with van der Waals surface area (Å²) in [5.74, 6) is 1.72. The van der Waals surface area contributed by atoms with Gasteiger partial charge in [-0.2, -0.15) is 0 Å². The first kappa shape index (κ1) is 15.1. The third-order valence-corrected chi connectivity index (χ3v) is 1.91. The maximum atomic E-state index is 5.55. The molecule has 1 rings (SSSR count). The molecule has 0 radical (unpaired) electrons. The van der Waals surface area contributed by atoms with Crippen LogP contribution in [0.5, 0.6) is 11.5 Å². The molecule has 0 aliphatic heterocycles. The zero-order valence-electron chi connectivity index (χ0n) is 9.86. The number of hydrogen-bond acceptors (Lipinski definition) is 3. The zero-order valence-corrected chi connectivity index (χ0v) is 10.7. The first-order valence-electron chi connectivity index (χ1n) is 5.43. The predicted octanol–water partition coefficient (Wildman–Crippen LogP) is 2.50. The Labute approximate surface area is 104 Å². The molecule has 4 heteroatoms. The van der Waals surface area contributed by atoms with Crippen molar-refractivity contribution in [3.63, 3.8) is 0 Å². The van der Waals surface area contributed by atoms with Gasteiger partial charge in [0, 0.05) is 12.6 Å². The van der Waals surface area contributed by atoms with Crippen LogP contribution in [-0.2, 0) is 0 Å². The van der Waals surface area contributed by atoms with E-state index in [0.29, 0.717) is 13.2 Å². The molecule has 0 aromatic heterocycles. The summed E-state index contributed by atoms with van der Waals surface area (Å²) < 4.78 is 10.9. The van der Waals surface area contributed by atoms with Crippen LogP contribution in [0, 0.1) is 0 Å². The molecule has 0 spiro atoms. The van der Waals surface area contributed by atoms with Crippen LogP contribution in [0.25, 0.3) is 0 Å². The third-order valence-electron chi connectivity index (χ3n) is 1.91. The average molecular weight is 246 g/mol. The molecule has 3 nitrogen and oxygen atoms in total. The van der Waals surface area contributed by atoms with Crippen LogP contribution in [0.3, 0.4) is 0 Å². The minimum absolute atomic E-state index is 0. The van der Waals surface area contributed by atoms with Gasteiger partial charge in [-0.15, -0.1) is 12.4 Å². The van der Waals surface area contributed by atoms with Gasteiger partial charge in [0.1, 0.15) is 18.1 Å². The summed E-state index contributed by atoms with van der Waals surface area (Å²) in [6, 6.07) is 7.72. The van der Waals surface area contributed by atoms with E-state index in [4.69, 9.17) is 9.47 Å². The van der Waals surface area contributed by atoms with Gasteiger partial charge in [0.15, 0.2) is 0 Å². The van der Waals surface area contributed by atoms with Gasteiger partial charge in [0.05, 0.1) is 6.61 Å². The van der Waals surface area contributed by atoms with Gasteiger partial charge in [-0.3, -0.25) is 0 Å². The van der Waals surface area contributed by atoms with Gasteiger partial charge in [-0.05, 0) is 25.6 Å². The summed E-state index contributed by atoms with van der Waals surface area (Å²) >= 11 is 0. The van der Waals surface area contributed by atoms with E-state index in [9.17, 15) is 0 Å². The molecule has 0 saturated heterocycles. The van der Waals surface area contributed by atoms with Gasteiger partial charge in [0.2, 0.25) is 0 Å². The second-order valence-electron chi connectivity index (χ2n) is 3.11. The molecule has 0 aliphatic carbocycles. The van der Waals surface area contributed by atoms with E-state index in [0.717, 1.165) is 24.6 Å². The van der Waals surface area contributed by atoms with E-state index in [-0.39, 0.29) is 12.4 Å². The van der Waals surface area contributed by atoms with Gasteiger partial charge in [0.25, 0.3) is 0 Å². The van der Waals surface area contributed by atoms with E-state index in [1.807, 2.05) is 31.2 Å². The highest BCUT2D eigenvalue weighted by Gasteiger charge is 1.96. The van der Waals surface area contributed by atoms with Crippen molar-refractivity contribution in [2.45, 2.75) is 13.8 Å². The monoisotopic (exact) mass is 245 g/mol. The summed E-state index contributed by atoms with van der Waals surface area (Å²) in [5.41, 5.74) is 0. The molecule has 0 aliphatic rings. The summed E-state index contributed by atoms with van der Waals surface area (Å²) in [5, 5.41) is 3.20. The van der Waals surface area contributed by atoms with Gasteiger partial charge in [-0.1, -0.05) is 13.0 Å². The fourth-order valence-corrected chi connectivity index (χ4v) is 1.24. The van der Waals surface area contributed by atoms with Crippen molar-refractivity contribution in [3.05, 3.63) is 24.3 Å². The second-order valence-corrected chi connectivity index (χ2v) is 3.11. The molecule has 92 valence electrons. The molecule has 0 atom stereocenters. The lowest BCUT2D eigenvalue weighted by Gasteiger charge is -2.08. The number of benzene rings is 1. The number of rotatable bonds is 7. The summed E-state index contributed by atoms with van der Waals surface area (Å²) in [6.07, 6.45) is 0. The molecule has 1 N–H and O–H groups in total. The number of nitrogens with one attached hydrogen (secondary N) is 1. The van der Waals surface area contributed by atoms with E-state index in [1.165, 1.54) is 0 Å². The summed E-state index contributed by atoms with van der Waals surface area (Å²) in [7, 11) is 0. The van der Waals surface area contributed by atoms with Crippen LogP contribution < -0.4 is 14.8 Å². The molecule has 0 unspecified atom stereocenters. The third kappa shape index (κ3) is 5.83. The molecular weight excluding hydrogens is 226 g/mol. The lowest BCUT2D eigenvalue weighted by Crippen LogP contribution is -2.20. The first-order valence-corrected chi connectivity index (χ1v) is 5.43. The Kier molecular flexibility index (Phi) is 8.77. The van der Waals surface area contributed by atoms with Crippen LogP contribution >= 0.6 is 12.4 Å². The SMILES string of the molecule is CCNCCOc1cccc(OCC)c1.Cl. The standard InChI is InChI=1S/C12H19NO2.ClH/c1-3-13-8-9-15-12-7-5-6-11(10-12)14-4-2;/h5-7,10,13H,3-4,8-9H2,1-2H3;1H. The fraction of sp³-hybridized carbons (Fsp3) is 0.500. The molecule has 1 aromatic carbocycles. The molecule has 0 heterocycles. The smallest absolute Gasteiger partial charge is 0.123 e. The Morgan fingerprint density at radius 1 is 1.12 bits per heavy atom. The van der Waals surface area contributed by atoms with Crippen molar-refractivity contribution in [2.24, 2.45) is 0 Å². The van der Waals surface area contributed by atoms with E-state index in [1.54, 1.807) is 0 Å². The van der Waals surface area contributed by atoms with Crippen LogP contribution in [0.15, 0.2) is 24.3 Å². The summed E-state index contributed by atoms with van der Waals surface area (Å²) in [6.45, 7) is 7.26. The Morgan fingerprint density at radius 2 is 1.81 bits per heavy atom. The molecule has 0 bridgehead atoms. The normalized spacial score (nSPS) is 9.38. The van der Waals surface area contributed by atoms with Crippen molar-refractivity contribution < 1.29 is 9.47 Å². The number of likely N-dealkylation sites (N-methyl/N-ethyl adjacent to an activating group) is 1. The fourth-order valence-electron chi connectivity index (χ4n) is 1.24. The lowest BCUT2D eigenvalue weighted by molar-refractivity contribution is 0.307. The van der Waals surface area contributed by atoms with Crippen LogP contribution in [0.4, 0.5) is 0 Å². The van der Waals surface area contributed by atoms with Crippen LogP contribution in [-0.4, -0.2) is 26.3 Å². The Bertz CT molecular complexity index is 281. The molecule has 0 fully saturated rings. The molecule has 0 saturated carbocycles. The van der Waals surface area contributed by atoms with Crippen molar-refractivity contribution in [1.82, 2.24) is 5.32 Å². The highest BCUT2D eigenvalue weighted by atomic mass is 35.5. The highest BCUT2D eigenvalue weighted by Crippen LogP contribution is 2.18. The Balaban J connectivity index is 0.00000225. The summed E-state index contributed by atoms with van der Waals surface area (Å²) in [4.78, 5) is 0. The van der Waals surface area contributed by atoms with Gasteiger partial charge in [-0.25, -0.2) is 0 Å². The number of hydrogen-bond donors (Lipinski definition) is 1. The largest absolute Gasteiger partial charge is 0.494 e. The first-order chi connectivity index (χ1) is 7.36. The molecule has 1 aromatic rings. The average Bonchev–Trinajstić information content (AvgIpc) is 2.26.